The highest BCUT2D eigenvalue weighted by atomic mass is 32.2. The minimum atomic E-state index is -3.07. The highest BCUT2D eigenvalue weighted by molar-refractivity contribution is 7.90. The number of aliphatic imine (C=N–C) groups is 1. The Labute approximate surface area is 146 Å². The first kappa shape index (κ1) is 20.5. The topological polar surface area (TPSA) is 70.6 Å². The molecule has 0 unspecified atom stereocenters. The van der Waals surface area contributed by atoms with Crippen LogP contribution < -0.4 is 10.6 Å². The van der Waals surface area contributed by atoms with Crippen molar-refractivity contribution in [1.29, 1.82) is 0 Å². The van der Waals surface area contributed by atoms with Gasteiger partial charge in [0.25, 0.3) is 0 Å². The standard InChI is InChI=1S/C18H31N3O2S/c1-3-4-5-9-13-20-18(19-2)21-14-10-15-24(22,23)16-17-11-7-6-8-12-17/h6-8,11-12H,3-5,9-10,13-16H2,1-2H3,(H2,19,20,21). The third-order valence-corrected chi connectivity index (χ3v) is 5.38. The van der Waals surface area contributed by atoms with E-state index in [1.54, 1.807) is 7.05 Å². The fourth-order valence-electron chi connectivity index (χ4n) is 2.38. The highest BCUT2D eigenvalue weighted by Gasteiger charge is 2.11. The zero-order chi connectivity index (χ0) is 17.7. The molecule has 1 rings (SSSR count). The van der Waals surface area contributed by atoms with Crippen LogP contribution in [0.4, 0.5) is 0 Å². The van der Waals surface area contributed by atoms with Gasteiger partial charge >= 0.3 is 0 Å². The second-order valence-electron chi connectivity index (χ2n) is 5.92. The number of benzene rings is 1. The quantitative estimate of drug-likeness (QED) is 0.365. The number of hydrogen-bond acceptors (Lipinski definition) is 3. The molecule has 1 aromatic carbocycles. The van der Waals surface area contributed by atoms with Crippen LogP contribution in [0.1, 0.15) is 44.6 Å². The lowest BCUT2D eigenvalue weighted by Crippen LogP contribution is -2.38. The Balaban J connectivity index is 2.21. The first-order valence-corrected chi connectivity index (χ1v) is 10.6. The van der Waals surface area contributed by atoms with E-state index >= 15 is 0 Å². The Kier molecular flexibility index (Phi) is 10.2. The van der Waals surface area contributed by atoms with E-state index in [4.69, 9.17) is 0 Å². The van der Waals surface area contributed by atoms with Crippen LogP contribution in [0.3, 0.4) is 0 Å². The summed E-state index contributed by atoms with van der Waals surface area (Å²) in [6, 6.07) is 9.31. The van der Waals surface area contributed by atoms with Gasteiger partial charge < -0.3 is 10.6 Å². The predicted molar refractivity (Wildman–Crippen MR) is 102 cm³/mol. The molecule has 0 radical (unpaired) electrons. The maximum Gasteiger partial charge on any atom is 0.190 e. The van der Waals surface area contributed by atoms with Crippen molar-refractivity contribution in [3.05, 3.63) is 35.9 Å². The van der Waals surface area contributed by atoms with Crippen molar-refractivity contribution in [2.75, 3.05) is 25.9 Å². The summed E-state index contributed by atoms with van der Waals surface area (Å²) >= 11 is 0. The molecule has 0 aromatic heterocycles. The van der Waals surface area contributed by atoms with E-state index in [0.717, 1.165) is 24.5 Å². The average molecular weight is 354 g/mol. The van der Waals surface area contributed by atoms with Crippen LogP contribution in [0.5, 0.6) is 0 Å². The normalized spacial score (nSPS) is 12.2. The fourth-order valence-corrected chi connectivity index (χ4v) is 3.81. The van der Waals surface area contributed by atoms with Crippen LogP contribution in [0, 0.1) is 0 Å². The first-order valence-electron chi connectivity index (χ1n) is 8.76. The number of rotatable bonds is 11. The van der Waals surface area contributed by atoms with Crippen molar-refractivity contribution < 1.29 is 8.42 Å². The molecule has 0 aliphatic carbocycles. The van der Waals surface area contributed by atoms with Gasteiger partial charge in [-0.05, 0) is 18.4 Å². The van der Waals surface area contributed by atoms with Gasteiger partial charge in [0.05, 0.1) is 11.5 Å². The van der Waals surface area contributed by atoms with Gasteiger partial charge in [0, 0.05) is 20.1 Å². The summed E-state index contributed by atoms with van der Waals surface area (Å²) in [7, 11) is -1.34. The molecule has 6 heteroatoms. The van der Waals surface area contributed by atoms with Crippen LogP contribution in [-0.4, -0.2) is 40.3 Å². The molecule has 0 aliphatic rings. The van der Waals surface area contributed by atoms with Crippen molar-refractivity contribution >= 4 is 15.8 Å². The molecule has 136 valence electrons. The largest absolute Gasteiger partial charge is 0.356 e. The molecular formula is C18H31N3O2S. The number of guanidine groups is 1. The molecule has 0 aliphatic heterocycles. The van der Waals surface area contributed by atoms with E-state index in [0.29, 0.717) is 13.0 Å². The number of sulfone groups is 1. The van der Waals surface area contributed by atoms with Crippen molar-refractivity contribution in [3.8, 4) is 0 Å². The molecule has 5 nitrogen and oxygen atoms in total. The fraction of sp³-hybridized carbons (Fsp3) is 0.611. The number of nitrogens with one attached hydrogen (secondary N) is 2. The lowest BCUT2D eigenvalue weighted by atomic mass is 10.2. The second kappa shape index (κ2) is 11.9. The van der Waals surface area contributed by atoms with E-state index in [-0.39, 0.29) is 11.5 Å². The van der Waals surface area contributed by atoms with Crippen molar-refractivity contribution in [1.82, 2.24) is 10.6 Å². The molecule has 0 fully saturated rings. The molecule has 0 spiro atoms. The number of nitrogens with zero attached hydrogens (tertiary/aromatic N) is 1. The van der Waals surface area contributed by atoms with Crippen molar-refractivity contribution in [3.63, 3.8) is 0 Å². The average Bonchev–Trinajstić information content (AvgIpc) is 2.57. The summed E-state index contributed by atoms with van der Waals surface area (Å²) in [5.74, 6) is 1.03. The lowest BCUT2D eigenvalue weighted by Gasteiger charge is -2.12. The highest BCUT2D eigenvalue weighted by Crippen LogP contribution is 2.06. The van der Waals surface area contributed by atoms with E-state index in [9.17, 15) is 8.42 Å². The van der Waals surface area contributed by atoms with E-state index in [1.165, 1.54) is 19.3 Å². The minimum absolute atomic E-state index is 0.109. The van der Waals surface area contributed by atoms with Gasteiger partial charge in [-0.1, -0.05) is 56.5 Å². The van der Waals surface area contributed by atoms with Crippen molar-refractivity contribution in [2.45, 2.75) is 44.8 Å². The molecule has 0 heterocycles. The van der Waals surface area contributed by atoms with E-state index in [1.807, 2.05) is 30.3 Å². The molecule has 0 bridgehead atoms. The maximum atomic E-state index is 12.1. The third-order valence-electron chi connectivity index (χ3n) is 3.70. The molecular weight excluding hydrogens is 322 g/mol. The smallest absolute Gasteiger partial charge is 0.190 e. The monoisotopic (exact) mass is 353 g/mol. The zero-order valence-corrected chi connectivity index (χ0v) is 15.7. The Morgan fingerprint density at radius 3 is 2.29 bits per heavy atom. The minimum Gasteiger partial charge on any atom is -0.356 e. The van der Waals surface area contributed by atoms with Crippen LogP contribution in [-0.2, 0) is 15.6 Å². The lowest BCUT2D eigenvalue weighted by molar-refractivity contribution is 0.591. The maximum absolute atomic E-state index is 12.1. The number of unbranched alkanes of at least 4 members (excludes halogenated alkanes) is 3. The second-order valence-corrected chi connectivity index (χ2v) is 8.10. The molecule has 0 saturated heterocycles. The summed E-state index contributed by atoms with van der Waals surface area (Å²) in [6.45, 7) is 3.69. The molecule has 24 heavy (non-hydrogen) atoms. The van der Waals surface area contributed by atoms with Crippen LogP contribution in [0.2, 0.25) is 0 Å². The molecule has 1 aromatic rings. The molecule has 0 saturated carbocycles. The van der Waals surface area contributed by atoms with Gasteiger partial charge in [0.1, 0.15) is 0 Å². The van der Waals surface area contributed by atoms with Gasteiger partial charge in [0.15, 0.2) is 15.8 Å². The summed E-state index contributed by atoms with van der Waals surface area (Å²) in [5, 5.41) is 6.43. The summed E-state index contributed by atoms with van der Waals surface area (Å²) < 4.78 is 24.2. The Bertz CT molecular complexity index is 571. The van der Waals surface area contributed by atoms with Gasteiger partial charge in [0.2, 0.25) is 0 Å². The van der Waals surface area contributed by atoms with E-state index in [2.05, 4.69) is 22.5 Å². The zero-order valence-electron chi connectivity index (χ0n) is 14.9. The summed E-state index contributed by atoms with van der Waals surface area (Å²) in [4.78, 5) is 4.15. The van der Waals surface area contributed by atoms with Gasteiger partial charge in [-0.3, -0.25) is 4.99 Å². The SMILES string of the molecule is CCCCCCNC(=NC)NCCCS(=O)(=O)Cc1ccccc1. The van der Waals surface area contributed by atoms with Crippen molar-refractivity contribution in [2.24, 2.45) is 4.99 Å². The van der Waals surface area contributed by atoms with Gasteiger partial charge in [-0.2, -0.15) is 0 Å². The molecule has 0 atom stereocenters. The Hall–Kier alpha value is -1.56. The summed E-state index contributed by atoms with van der Waals surface area (Å²) in [6.07, 6.45) is 5.40. The van der Waals surface area contributed by atoms with Gasteiger partial charge in [-0.15, -0.1) is 0 Å². The predicted octanol–water partition coefficient (Wildman–Crippen LogP) is 2.74. The van der Waals surface area contributed by atoms with Gasteiger partial charge in [-0.25, -0.2) is 8.42 Å². The van der Waals surface area contributed by atoms with E-state index < -0.39 is 9.84 Å². The number of hydrogen-bond donors (Lipinski definition) is 2. The molecule has 2 N–H and O–H groups in total. The summed E-state index contributed by atoms with van der Waals surface area (Å²) in [5.41, 5.74) is 0.843. The Morgan fingerprint density at radius 2 is 1.67 bits per heavy atom. The first-order chi connectivity index (χ1) is 11.6. The van der Waals surface area contributed by atoms with Crippen LogP contribution in [0.25, 0.3) is 0 Å². The van der Waals surface area contributed by atoms with Crippen LogP contribution >= 0.6 is 0 Å². The van der Waals surface area contributed by atoms with Crippen LogP contribution in [0.15, 0.2) is 35.3 Å². The molecule has 0 amide bonds. The third kappa shape index (κ3) is 9.55. The Morgan fingerprint density at radius 1 is 1.00 bits per heavy atom.